The maximum Gasteiger partial charge on any atom is 0.251 e. The molecule has 1 atom stereocenters. The van der Waals surface area contributed by atoms with Crippen molar-refractivity contribution in [3.05, 3.63) is 68.3 Å². The van der Waals surface area contributed by atoms with Crippen LogP contribution in [-0.2, 0) is 13.0 Å². The van der Waals surface area contributed by atoms with E-state index in [9.17, 15) is 9.18 Å². The average Bonchev–Trinajstić information content (AvgIpc) is 2.44. The second-order valence-electron chi connectivity index (χ2n) is 5.39. The fraction of sp³-hybridized carbons (Fsp3) is 0.312. The molecule has 0 saturated carbocycles. The highest BCUT2D eigenvalue weighted by Crippen LogP contribution is 2.27. The lowest BCUT2D eigenvalue weighted by atomic mass is 9.91. The van der Waals surface area contributed by atoms with E-state index in [0.29, 0.717) is 11.6 Å². The first-order chi connectivity index (χ1) is 10.1. The Labute approximate surface area is 127 Å². The van der Waals surface area contributed by atoms with E-state index in [1.165, 1.54) is 12.1 Å². The number of aromatic nitrogens is 1. The molecule has 1 heterocycles. The van der Waals surface area contributed by atoms with E-state index in [2.05, 4.69) is 0 Å². The lowest BCUT2D eigenvalue weighted by Crippen LogP contribution is -2.29. The number of halogens is 2. The Bertz CT molecular complexity index is 742. The summed E-state index contributed by atoms with van der Waals surface area (Å²) >= 11 is 6.06. The van der Waals surface area contributed by atoms with Crippen LogP contribution in [0, 0.1) is 5.82 Å². The first-order valence-corrected chi connectivity index (χ1v) is 7.36. The third-order valence-corrected chi connectivity index (χ3v) is 4.35. The van der Waals surface area contributed by atoms with Gasteiger partial charge in [-0.25, -0.2) is 4.39 Å². The van der Waals surface area contributed by atoms with Crippen LogP contribution < -0.4 is 11.3 Å². The minimum absolute atomic E-state index is 0.0238. The SMILES string of the molecule is NC1CCCc2c1ccc(=O)n2Cc1ccc(F)cc1Cl. The second kappa shape index (κ2) is 5.62. The lowest BCUT2D eigenvalue weighted by Gasteiger charge is -2.25. The van der Waals surface area contributed by atoms with Gasteiger partial charge in [0.25, 0.3) is 5.56 Å². The second-order valence-corrected chi connectivity index (χ2v) is 5.80. The van der Waals surface area contributed by atoms with Gasteiger partial charge in [-0.2, -0.15) is 0 Å². The lowest BCUT2D eigenvalue weighted by molar-refractivity contribution is 0.529. The van der Waals surface area contributed by atoms with E-state index in [0.717, 1.165) is 36.1 Å². The van der Waals surface area contributed by atoms with Gasteiger partial charge in [-0.1, -0.05) is 23.7 Å². The Hall–Kier alpha value is -1.65. The Morgan fingerprint density at radius 1 is 1.33 bits per heavy atom. The first-order valence-electron chi connectivity index (χ1n) is 6.98. The molecule has 1 aliphatic rings. The monoisotopic (exact) mass is 306 g/mol. The zero-order valence-corrected chi connectivity index (χ0v) is 12.2. The molecule has 1 aliphatic carbocycles. The maximum atomic E-state index is 13.1. The molecule has 21 heavy (non-hydrogen) atoms. The molecule has 0 bridgehead atoms. The summed E-state index contributed by atoms with van der Waals surface area (Å²) in [6.07, 6.45) is 2.73. The van der Waals surface area contributed by atoms with Crippen LogP contribution in [0.5, 0.6) is 0 Å². The van der Waals surface area contributed by atoms with Crippen LogP contribution in [0.3, 0.4) is 0 Å². The van der Waals surface area contributed by atoms with E-state index >= 15 is 0 Å². The Kier molecular flexibility index (Phi) is 3.83. The van der Waals surface area contributed by atoms with Gasteiger partial charge in [-0.3, -0.25) is 4.79 Å². The number of hydrogen-bond donors (Lipinski definition) is 1. The van der Waals surface area contributed by atoms with Crippen molar-refractivity contribution in [3.8, 4) is 0 Å². The molecule has 1 aromatic carbocycles. The predicted octanol–water partition coefficient (Wildman–Crippen LogP) is 3.03. The zero-order valence-electron chi connectivity index (χ0n) is 11.5. The van der Waals surface area contributed by atoms with Crippen LogP contribution in [0.2, 0.25) is 5.02 Å². The molecule has 0 saturated heterocycles. The molecule has 0 spiro atoms. The van der Waals surface area contributed by atoms with Crippen molar-refractivity contribution in [3.63, 3.8) is 0 Å². The normalized spacial score (nSPS) is 17.6. The average molecular weight is 307 g/mol. The summed E-state index contributed by atoms with van der Waals surface area (Å²) in [4.78, 5) is 12.2. The van der Waals surface area contributed by atoms with Crippen LogP contribution in [0.4, 0.5) is 4.39 Å². The van der Waals surface area contributed by atoms with Crippen LogP contribution in [0.15, 0.2) is 35.1 Å². The van der Waals surface area contributed by atoms with E-state index in [1.54, 1.807) is 16.7 Å². The Morgan fingerprint density at radius 3 is 2.90 bits per heavy atom. The predicted molar refractivity (Wildman–Crippen MR) is 81.1 cm³/mol. The zero-order chi connectivity index (χ0) is 15.0. The van der Waals surface area contributed by atoms with Gasteiger partial charge >= 0.3 is 0 Å². The van der Waals surface area contributed by atoms with Crippen molar-refractivity contribution >= 4 is 11.6 Å². The van der Waals surface area contributed by atoms with Crippen LogP contribution in [0.25, 0.3) is 0 Å². The summed E-state index contributed by atoms with van der Waals surface area (Å²) in [5, 5.41) is 0.333. The van der Waals surface area contributed by atoms with E-state index in [4.69, 9.17) is 17.3 Å². The van der Waals surface area contributed by atoms with Crippen molar-refractivity contribution in [2.24, 2.45) is 5.73 Å². The highest BCUT2D eigenvalue weighted by molar-refractivity contribution is 6.31. The molecule has 5 heteroatoms. The van der Waals surface area contributed by atoms with Crippen molar-refractivity contribution in [1.29, 1.82) is 0 Å². The summed E-state index contributed by atoms with van der Waals surface area (Å²) in [5.74, 6) is -0.381. The summed E-state index contributed by atoms with van der Waals surface area (Å²) in [5.41, 5.74) is 8.77. The molecule has 3 rings (SSSR count). The number of nitrogens with zero attached hydrogens (tertiary/aromatic N) is 1. The number of fused-ring (bicyclic) bond motifs is 1. The molecule has 110 valence electrons. The molecular weight excluding hydrogens is 291 g/mol. The summed E-state index contributed by atoms with van der Waals surface area (Å²) in [6, 6.07) is 7.58. The third kappa shape index (κ3) is 2.74. The molecule has 0 fully saturated rings. The third-order valence-electron chi connectivity index (χ3n) is 4.00. The molecule has 1 unspecified atom stereocenters. The molecule has 3 nitrogen and oxygen atoms in total. The van der Waals surface area contributed by atoms with Gasteiger partial charge < -0.3 is 10.3 Å². The summed E-state index contributed by atoms with van der Waals surface area (Å²) in [6.45, 7) is 0.341. The molecule has 0 amide bonds. The summed E-state index contributed by atoms with van der Waals surface area (Å²) < 4.78 is 14.8. The van der Waals surface area contributed by atoms with Gasteiger partial charge in [-0.15, -0.1) is 0 Å². The largest absolute Gasteiger partial charge is 0.324 e. The fourth-order valence-electron chi connectivity index (χ4n) is 2.89. The van der Waals surface area contributed by atoms with Gasteiger partial charge in [0, 0.05) is 22.8 Å². The molecule has 2 aromatic rings. The number of pyridine rings is 1. The van der Waals surface area contributed by atoms with Gasteiger partial charge in [-0.05, 0) is 42.5 Å². The van der Waals surface area contributed by atoms with Crippen LogP contribution in [0.1, 0.15) is 35.7 Å². The highest BCUT2D eigenvalue weighted by Gasteiger charge is 2.20. The van der Waals surface area contributed by atoms with Crippen molar-refractivity contribution in [2.75, 3.05) is 0 Å². The molecular formula is C16H16ClFN2O. The van der Waals surface area contributed by atoms with Crippen molar-refractivity contribution in [1.82, 2.24) is 4.57 Å². The van der Waals surface area contributed by atoms with Gasteiger partial charge in [0.05, 0.1) is 6.54 Å². The smallest absolute Gasteiger partial charge is 0.251 e. The van der Waals surface area contributed by atoms with Crippen LogP contribution in [-0.4, -0.2) is 4.57 Å². The molecule has 0 aliphatic heterocycles. The first kappa shape index (κ1) is 14.3. The maximum absolute atomic E-state index is 13.1. The summed E-state index contributed by atoms with van der Waals surface area (Å²) in [7, 11) is 0. The molecule has 1 aromatic heterocycles. The molecule has 2 N–H and O–H groups in total. The minimum Gasteiger partial charge on any atom is -0.324 e. The van der Waals surface area contributed by atoms with Crippen LogP contribution >= 0.6 is 11.6 Å². The molecule has 0 radical (unpaired) electrons. The van der Waals surface area contributed by atoms with Gasteiger partial charge in [0.15, 0.2) is 0 Å². The minimum atomic E-state index is -0.381. The fourth-order valence-corrected chi connectivity index (χ4v) is 3.12. The van der Waals surface area contributed by atoms with E-state index in [1.807, 2.05) is 6.07 Å². The van der Waals surface area contributed by atoms with Gasteiger partial charge in [0.2, 0.25) is 0 Å². The number of rotatable bonds is 2. The Morgan fingerprint density at radius 2 is 2.14 bits per heavy atom. The highest BCUT2D eigenvalue weighted by atomic mass is 35.5. The van der Waals surface area contributed by atoms with E-state index < -0.39 is 0 Å². The standard InChI is InChI=1S/C16H16ClFN2O/c17-13-8-11(18)5-4-10(13)9-20-15-3-1-2-14(19)12(15)6-7-16(20)21/h4-8,14H,1-3,9,19H2. The number of nitrogens with two attached hydrogens (primary N) is 1. The van der Waals surface area contributed by atoms with Crippen molar-refractivity contribution < 1.29 is 4.39 Å². The topological polar surface area (TPSA) is 48.0 Å². The van der Waals surface area contributed by atoms with E-state index in [-0.39, 0.29) is 17.4 Å². The quantitative estimate of drug-likeness (QED) is 0.927. The Balaban J connectivity index is 2.06. The number of hydrogen-bond acceptors (Lipinski definition) is 2. The number of benzene rings is 1. The van der Waals surface area contributed by atoms with Crippen molar-refractivity contribution in [2.45, 2.75) is 31.8 Å². The van der Waals surface area contributed by atoms with Gasteiger partial charge in [0.1, 0.15) is 5.82 Å².